The Morgan fingerprint density at radius 1 is 1.10 bits per heavy atom. The van der Waals surface area contributed by atoms with Crippen LogP contribution in [0.2, 0.25) is 0 Å². The van der Waals surface area contributed by atoms with Crippen LogP contribution in [0.3, 0.4) is 0 Å². The molecular formula is C16H10O4. The van der Waals surface area contributed by atoms with Gasteiger partial charge >= 0.3 is 5.63 Å². The normalized spacial score (nSPS) is 11.2. The average molecular weight is 266 g/mol. The number of carbonyl (C=O) groups excluding carboxylic acids is 1. The molecule has 2 aromatic heterocycles. The zero-order chi connectivity index (χ0) is 13.9. The Hall–Kier alpha value is -2.88. The number of allylic oxidation sites excluding steroid dienone is 1. The Balaban J connectivity index is 1.99. The molecule has 0 fully saturated rings. The van der Waals surface area contributed by atoms with E-state index in [1.807, 2.05) is 6.07 Å². The molecule has 0 amide bonds. The van der Waals surface area contributed by atoms with Crippen molar-refractivity contribution >= 4 is 22.8 Å². The van der Waals surface area contributed by atoms with E-state index in [-0.39, 0.29) is 5.56 Å². The van der Waals surface area contributed by atoms with Gasteiger partial charge in [-0.05, 0) is 36.4 Å². The molecule has 98 valence electrons. The van der Waals surface area contributed by atoms with Gasteiger partial charge in [-0.1, -0.05) is 18.2 Å². The molecule has 0 unspecified atom stereocenters. The lowest BCUT2D eigenvalue weighted by molar-refractivity contribution is 0.104. The molecule has 0 aliphatic rings. The number of rotatable bonds is 3. The topological polar surface area (TPSA) is 60.4 Å². The molecule has 0 aliphatic carbocycles. The van der Waals surface area contributed by atoms with Gasteiger partial charge in [-0.25, -0.2) is 4.79 Å². The summed E-state index contributed by atoms with van der Waals surface area (Å²) in [5, 5.41) is 0.710. The molecule has 2 heterocycles. The van der Waals surface area contributed by atoms with E-state index in [0.717, 1.165) is 0 Å². The fourth-order valence-electron chi connectivity index (χ4n) is 1.87. The maximum atomic E-state index is 12.0. The Morgan fingerprint density at radius 2 is 1.95 bits per heavy atom. The third kappa shape index (κ3) is 2.31. The van der Waals surface area contributed by atoms with Gasteiger partial charge < -0.3 is 8.83 Å². The van der Waals surface area contributed by atoms with E-state index in [2.05, 4.69) is 0 Å². The van der Waals surface area contributed by atoms with E-state index in [4.69, 9.17) is 8.83 Å². The molecule has 20 heavy (non-hydrogen) atoms. The van der Waals surface area contributed by atoms with Crippen LogP contribution >= 0.6 is 0 Å². The van der Waals surface area contributed by atoms with Crippen LogP contribution in [0.5, 0.6) is 0 Å². The largest absolute Gasteiger partial charge is 0.465 e. The zero-order valence-electron chi connectivity index (χ0n) is 10.4. The first kappa shape index (κ1) is 12.2. The van der Waals surface area contributed by atoms with E-state index in [9.17, 15) is 9.59 Å². The smallest absolute Gasteiger partial charge is 0.347 e. The first-order chi connectivity index (χ1) is 9.74. The summed E-state index contributed by atoms with van der Waals surface area (Å²) in [4.78, 5) is 23.8. The van der Waals surface area contributed by atoms with Crippen LogP contribution in [-0.2, 0) is 0 Å². The van der Waals surface area contributed by atoms with Gasteiger partial charge in [-0.3, -0.25) is 4.79 Å². The van der Waals surface area contributed by atoms with E-state index < -0.39 is 11.4 Å². The summed E-state index contributed by atoms with van der Waals surface area (Å²) >= 11 is 0. The van der Waals surface area contributed by atoms with Crippen LogP contribution in [-0.4, -0.2) is 5.78 Å². The molecule has 4 nitrogen and oxygen atoms in total. The summed E-state index contributed by atoms with van der Waals surface area (Å²) in [5.74, 6) is 0.129. The zero-order valence-corrected chi connectivity index (χ0v) is 10.4. The standard InChI is InChI=1S/C16H10O4/c17-14(8-7-12-5-3-9-19-12)13-10-11-4-1-2-6-15(11)20-16(13)18/h1-10H. The van der Waals surface area contributed by atoms with Crippen molar-refractivity contribution in [3.63, 3.8) is 0 Å². The van der Waals surface area contributed by atoms with Crippen LogP contribution in [0.15, 0.2) is 68.4 Å². The van der Waals surface area contributed by atoms with Crippen molar-refractivity contribution in [3.05, 3.63) is 76.5 Å². The first-order valence-electron chi connectivity index (χ1n) is 6.03. The molecule has 0 atom stereocenters. The van der Waals surface area contributed by atoms with Gasteiger partial charge in [0.1, 0.15) is 16.9 Å². The quantitative estimate of drug-likeness (QED) is 0.414. The summed E-state index contributed by atoms with van der Waals surface area (Å²) < 4.78 is 10.2. The van der Waals surface area contributed by atoms with Gasteiger partial charge in [0, 0.05) is 5.39 Å². The van der Waals surface area contributed by atoms with Crippen molar-refractivity contribution < 1.29 is 13.6 Å². The number of carbonyl (C=O) groups is 1. The van der Waals surface area contributed by atoms with Crippen LogP contribution < -0.4 is 5.63 Å². The summed E-state index contributed by atoms with van der Waals surface area (Å²) in [6, 6.07) is 12.0. The lowest BCUT2D eigenvalue weighted by Crippen LogP contribution is -2.11. The maximum Gasteiger partial charge on any atom is 0.347 e. The van der Waals surface area contributed by atoms with Gasteiger partial charge in [0.2, 0.25) is 0 Å². The lowest BCUT2D eigenvalue weighted by Gasteiger charge is -1.98. The second kappa shape index (κ2) is 5.01. The third-order valence-electron chi connectivity index (χ3n) is 2.85. The molecule has 0 saturated carbocycles. The van der Waals surface area contributed by atoms with Crippen LogP contribution in [0, 0.1) is 0 Å². The highest BCUT2D eigenvalue weighted by Gasteiger charge is 2.10. The lowest BCUT2D eigenvalue weighted by atomic mass is 10.1. The molecule has 0 bridgehead atoms. The van der Waals surface area contributed by atoms with Gasteiger partial charge in [0.15, 0.2) is 5.78 Å². The Bertz CT molecular complexity index is 838. The Morgan fingerprint density at radius 3 is 2.75 bits per heavy atom. The SMILES string of the molecule is O=C(C=Cc1ccco1)c1cc2ccccc2oc1=O. The molecular weight excluding hydrogens is 256 g/mol. The number of ketones is 1. The number of fused-ring (bicyclic) bond motifs is 1. The Labute approximate surface area is 113 Å². The number of para-hydroxylation sites is 1. The fourth-order valence-corrected chi connectivity index (χ4v) is 1.87. The van der Waals surface area contributed by atoms with E-state index in [1.165, 1.54) is 24.5 Å². The third-order valence-corrected chi connectivity index (χ3v) is 2.85. The van der Waals surface area contributed by atoms with Crippen LogP contribution in [0.25, 0.3) is 17.0 Å². The number of hydrogen-bond donors (Lipinski definition) is 0. The number of benzene rings is 1. The molecule has 0 radical (unpaired) electrons. The second-order valence-corrected chi connectivity index (χ2v) is 4.20. The van der Waals surface area contributed by atoms with Crippen molar-refractivity contribution in [1.29, 1.82) is 0 Å². The summed E-state index contributed by atoms with van der Waals surface area (Å²) in [6.07, 6.45) is 4.31. The van der Waals surface area contributed by atoms with Gasteiger partial charge in [0.05, 0.1) is 6.26 Å². The summed E-state index contributed by atoms with van der Waals surface area (Å²) in [5.41, 5.74) is -0.173. The highest BCUT2D eigenvalue weighted by atomic mass is 16.4. The average Bonchev–Trinajstić information content (AvgIpc) is 2.97. The van der Waals surface area contributed by atoms with Crippen LogP contribution in [0.1, 0.15) is 16.1 Å². The minimum atomic E-state index is -0.641. The monoisotopic (exact) mass is 266 g/mol. The van der Waals surface area contributed by atoms with Crippen molar-refractivity contribution in [2.45, 2.75) is 0 Å². The predicted molar refractivity (Wildman–Crippen MR) is 74.6 cm³/mol. The number of hydrogen-bond acceptors (Lipinski definition) is 4. The molecule has 0 spiro atoms. The van der Waals surface area contributed by atoms with Crippen molar-refractivity contribution in [2.24, 2.45) is 0 Å². The highest BCUT2D eigenvalue weighted by molar-refractivity contribution is 6.07. The fraction of sp³-hybridized carbons (Fsp3) is 0. The molecule has 0 N–H and O–H groups in total. The van der Waals surface area contributed by atoms with Crippen molar-refractivity contribution in [1.82, 2.24) is 0 Å². The molecule has 0 aliphatic heterocycles. The van der Waals surface area contributed by atoms with E-state index in [1.54, 1.807) is 30.3 Å². The van der Waals surface area contributed by atoms with E-state index in [0.29, 0.717) is 16.7 Å². The highest BCUT2D eigenvalue weighted by Crippen LogP contribution is 2.13. The predicted octanol–water partition coefficient (Wildman–Crippen LogP) is 3.28. The first-order valence-corrected chi connectivity index (χ1v) is 6.03. The minimum absolute atomic E-state index is 0.00602. The summed E-state index contributed by atoms with van der Waals surface area (Å²) in [7, 11) is 0. The molecule has 3 rings (SSSR count). The van der Waals surface area contributed by atoms with Gasteiger partial charge in [-0.15, -0.1) is 0 Å². The molecule has 4 heteroatoms. The van der Waals surface area contributed by atoms with Crippen molar-refractivity contribution in [3.8, 4) is 0 Å². The van der Waals surface area contributed by atoms with Crippen molar-refractivity contribution in [2.75, 3.05) is 0 Å². The number of furan rings is 1. The molecule has 3 aromatic rings. The van der Waals surface area contributed by atoms with Gasteiger partial charge in [0.25, 0.3) is 0 Å². The second-order valence-electron chi connectivity index (χ2n) is 4.20. The molecule has 1 aromatic carbocycles. The molecule has 0 saturated heterocycles. The summed E-state index contributed by atoms with van der Waals surface area (Å²) in [6.45, 7) is 0. The van der Waals surface area contributed by atoms with Crippen LogP contribution in [0.4, 0.5) is 0 Å². The minimum Gasteiger partial charge on any atom is -0.465 e. The maximum absolute atomic E-state index is 12.0. The van der Waals surface area contributed by atoms with Gasteiger partial charge in [-0.2, -0.15) is 0 Å². The van der Waals surface area contributed by atoms with E-state index >= 15 is 0 Å². The Kier molecular flexibility index (Phi) is 3.05.